The molecular formula is CH5IN2OP2. The van der Waals surface area contributed by atoms with Crippen LogP contribution in [0, 0.1) is 0 Å². The van der Waals surface area contributed by atoms with E-state index < -0.39 is 7.40 Å². The predicted octanol–water partition coefficient (Wildman–Crippen LogP) is 1.80. The Morgan fingerprint density at radius 2 is 2.43 bits per heavy atom. The van der Waals surface area contributed by atoms with Gasteiger partial charge in [-0.2, -0.15) is 0 Å². The fourth-order valence-corrected chi connectivity index (χ4v) is 0.500. The van der Waals surface area contributed by atoms with E-state index in [1.54, 1.807) is 2.88 Å². The molecule has 0 heterocycles. The van der Waals surface area contributed by atoms with Crippen LogP contribution in [0.2, 0.25) is 0 Å². The first kappa shape index (κ1) is 8.34. The van der Waals surface area contributed by atoms with E-state index in [2.05, 4.69) is 13.0 Å². The Morgan fingerprint density at radius 1 is 2.00 bits per heavy atom. The topological polar surface area (TPSA) is 38.5 Å². The summed E-state index contributed by atoms with van der Waals surface area (Å²) in [5.41, 5.74) is 0. The summed E-state index contributed by atoms with van der Waals surface area (Å²) in [6.45, 7) is 0. The van der Waals surface area contributed by atoms with E-state index >= 15 is 0 Å². The van der Waals surface area contributed by atoms with Gasteiger partial charge in [-0.15, -0.1) is 0 Å². The second-order valence-corrected chi connectivity index (χ2v) is 5.36. The minimum absolute atomic E-state index is 0.845. The maximum atomic E-state index is 4.78. The molecule has 0 saturated heterocycles. The molecule has 0 aromatic heterocycles. The summed E-state index contributed by atoms with van der Waals surface area (Å²) in [7, 11) is 4.96. The molecule has 0 rings (SSSR count). The number of nitrogens with zero attached hydrogens (tertiary/aromatic N) is 1. The normalized spacial score (nSPS) is 12.1. The van der Waals surface area contributed by atoms with Crippen LogP contribution in [0.4, 0.5) is 0 Å². The third-order valence-corrected chi connectivity index (χ3v) is 4.28. The monoisotopic (exact) mass is 250 g/mol. The van der Waals surface area contributed by atoms with Gasteiger partial charge >= 0.3 is 59.1 Å². The van der Waals surface area contributed by atoms with Crippen molar-refractivity contribution >= 4 is 38.6 Å². The van der Waals surface area contributed by atoms with E-state index in [0.29, 0.717) is 0 Å². The Bertz CT molecular complexity index is 106. The zero-order valence-electron chi connectivity index (χ0n) is 3.71. The number of hydrogen-bond donors (Lipinski definition) is 1. The van der Waals surface area contributed by atoms with E-state index in [1.807, 2.05) is 29.9 Å². The average molecular weight is 250 g/mol. The molecule has 0 amide bonds. The van der Waals surface area contributed by atoms with Crippen molar-refractivity contribution in [2.75, 3.05) is 7.05 Å². The third kappa shape index (κ3) is 3.88. The van der Waals surface area contributed by atoms with Gasteiger partial charge in [0.05, 0.1) is 0 Å². The van der Waals surface area contributed by atoms with Gasteiger partial charge in [-0.1, -0.05) is 0 Å². The molecule has 0 aromatic rings. The van der Waals surface area contributed by atoms with Crippen LogP contribution in [0.1, 0.15) is 0 Å². The van der Waals surface area contributed by atoms with Gasteiger partial charge in [0.1, 0.15) is 0 Å². The van der Waals surface area contributed by atoms with Crippen molar-refractivity contribution in [1.29, 1.82) is 0 Å². The Hall–Kier alpha value is 1.34. The van der Waals surface area contributed by atoms with Gasteiger partial charge < -0.3 is 0 Å². The van der Waals surface area contributed by atoms with Crippen LogP contribution < -0.4 is 5.90 Å². The molecule has 0 saturated carbocycles. The van der Waals surface area contributed by atoms with E-state index in [-0.39, 0.29) is 0 Å². The number of halogens is 1. The fourth-order valence-electron chi connectivity index (χ4n) is 0.0650. The summed E-state index contributed by atoms with van der Waals surface area (Å²) in [5, 5.41) is 0. The van der Waals surface area contributed by atoms with E-state index in [0.717, 1.165) is 0 Å². The second kappa shape index (κ2) is 4.24. The van der Waals surface area contributed by atoms with Gasteiger partial charge in [0.15, 0.2) is 0 Å². The molecule has 42 valence electrons. The first-order chi connectivity index (χ1) is 3.18. The Labute approximate surface area is 59.2 Å². The molecular weight excluding hydrogens is 245 g/mol. The summed E-state index contributed by atoms with van der Waals surface area (Å²) in [4.78, 5) is 0. The Balaban J connectivity index is 3.43. The van der Waals surface area contributed by atoms with E-state index in [1.165, 1.54) is 0 Å². The summed E-state index contributed by atoms with van der Waals surface area (Å²) >= 11 is 2.05. The van der Waals surface area contributed by atoms with Crippen molar-refractivity contribution < 1.29 is 4.62 Å². The molecule has 0 aliphatic carbocycles. The van der Waals surface area contributed by atoms with Crippen LogP contribution in [0.5, 0.6) is 0 Å². The fraction of sp³-hybridized carbons (Fsp3) is 1.00. The van der Waals surface area contributed by atoms with Crippen molar-refractivity contribution in [1.82, 2.24) is 2.88 Å². The van der Waals surface area contributed by atoms with Crippen molar-refractivity contribution in [3.8, 4) is 0 Å². The van der Waals surface area contributed by atoms with Crippen molar-refractivity contribution in [2.24, 2.45) is 5.90 Å². The van der Waals surface area contributed by atoms with Crippen LogP contribution in [-0.4, -0.2) is 9.93 Å². The Kier molecular flexibility index (Phi) is 5.05. The van der Waals surface area contributed by atoms with E-state index in [4.69, 9.17) is 5.90 Å². The third-order valence-electron chi connectivity index (χ3n) is 0.330. The van der Waals surface area contributed by atoms with Gasteiger partial charge in [-0.3, -0.25) is 0 Å². The van der Waals surface area contributed by atoms with Crippen LogP contribution in [0.15, 0.2) is 0 Å². The van der Waals surface area contributed by atoms with Gasteiger partial charge in [0.25, 0.3) is 0 Å². The Morgan fingerprint density at radius 3 is 2.43 bits per heavy atom. The SMILES string of the molecule is CN(I)P(#P)ON. The van der Waals surface area contributed by atoms with Crippen LogP contribution >= 0.6 is 38.6 Å². The molecule has 0 aliphatic heterocycles. The molecule has 1 unspecified atom stereocenters. The average Bonchev–Trinajstić information content (AvgIpc) is 1.65. The molecule has 0 aliphatic rings. The number of nitrogens with two attached hydrogens (primary N) is 1. The molecule has 6 heteroatoms. The zero-order valence-corrected chi connectivity index (χ0v) is 7.65. The first-order valence-corrected chi connectivity index (χ1v) is 4.76. The number of rotatable bonds is 0. The van der Waals surface area contributed by atoms with Gasteiger partial charge in [0, 0.05) is 0 Å². The standard InChI is InChI=1S/CH5IN2OP2/c1-4(2)7(6)5-3/h3H2,1H3. The quantitative estimate of drug-likeness (QED) is 0.308. The number of hydrogen-bond acceptors (Lipinski definition) is 3. The molecule has 3 nitrogen and oxygen atoms in total. The molecule has 2 N–H and O–H groups in total. The van der Waals surface area contributed by atoms with Crippen molar-refractivity contribution in [2.45, 2.75) is 0 Å². The minimum atomic E-state index is -0.845. The molecule has 0 radical (unpaired) electrons. The summed E-state index contributed by atoms with van der Waals surface area (Å²) in [6, 6.07) is 0. The van der Waals surface area contributed by atoms with Gasteiger partial charge in [-0.25, -0.2) is 0 Å². The summed E-state index contributed by atoms with van der Waals surface area (Å²) < 4.78 is 6.13. The van der Waals surface area contributed by atoms with E-state index in [9.17, 15) is 0 Å². The van der Waals surface area contributed by atoms with Crippen LogP contribution in [0.25, 0.3) is 0 Å². The predicted molar refractivity (Wildman–Crippen MR) is 40.9 cm³/mol. The molecule has 7 heavy (non-hydrogen) atoms. The maximum absolute atomic E-state index is 4.78. The van der Waals surface area contributed by atoms with Crippen molar-refractivity contribution in [3.05, 3.63) is 0 Å². The zero-order chi connectivity index (χ0) is 5.86. The molecule has 0 fully saturated rings. The van der Waals surface area contributed by atoms with Crippen LogP contribution in [0.3, 0.4) is 0 Å². The van der Waals surface area contributed by atoms with Crippen LogP contribution in [-0.2, 0) is 4.62 Å². The summed E-state index contributed by atoms with van der Waals surface area (Å²) in [5.74, 6) is 4.78. The van der Waals surface area contributed by atoms with Gasteiger partial charge in [-0.05, 0) is 0 Å². The molecule has 0 bridgehead atoms. The molecule has 1 atom stereocenters. The molecule has 0 aromatic carbocycles. The van der Waals surface area contributed by atoms with Gasteiger partial charge in [0.2, 0.25) is 0 Å². The molecule has 0 spiro atoms. The summed E-state index contributed by atoms with van der Waals surface area (Å²) in [6.07, 6.45) is 0. The first-order valence-electron chi connectivity index (χ1n) is 1.43. The van der Waals surface area contributed by atoms with Crippen molar-refractivity contribution in [3.63, 3.8) is 0 Å². The second-order valence-electron chi connectivity index (χ2n) is 0.803.